The van der Waals surface area contributed by atoms with Gasteiger partial charge < -0.3 is 14.2 Å². The Balaban J connectivity index is 2.00. The average molecular weight is 526 g/mol. The predicted octanol–water partition coefficient (Wildman–Crippen LogP) is 4.20. The molecule has 2 heterocycles. The number of carbonyl (C=O) groups excluding carboxylic acids is 1. The molecule has 0 saturated heterocycles. The third kappa shape index (κ3) is 6.73. The van der Waals surface area contributed by atoms with Crippen LogP contribution in [0.15, 0.2) is 41.2 Å². The molecule has 0 unspecified atom stereocenters. The van der Waals surface area contributed by atoms with E-state index in [0.717, 1.165) is 5.56 Å². The molecule has 200 valence electrons. The monoisotopic (exact) mass is 526 g/mol. The van der Waals surface area contributed by atoms with Crippen molar-refractivity contribution in [3.8, 4) is 11.7 Å². The van der Waals surface area contributed by atoms with Gasteiger partial charge in [0.2, 0.25) is 5.88 Å². The third-order valence-electron chi connectivity index (χ3n) is 5.03. The second-order valence-electron chi connectivity index (χ2n) is 8.24. The van der Waals surface area contributed by atoms with Crippen LogP contribution in [-0.4, -0.2) is 43.7 Å². The number of carbonyl (C=O) groups is 1. The number of hydrogen-bond donors (Lipinski definition) is 0. The molecule has 0 fully saturated rings. The molecule has 0 bridgehead atoms. The smallest absolute Gasteiger partial charge is 0.425 e. The van der Waals surface area contributed by atoms with Gasteiger partial charge in [-0.2, -0.15) is 22.8 Å². The van der Waals surface area contributed by atoms with Crippen LogP contribution in [0, 0.1) is 5.82 Å². The molecule has 0 N–H and O–H groups in total. The molecule has 37 heavy (non-hydrogen) atoms. The highest BCUT2D eigenvalue weighted by atomic mass is 19.4. The van der Waals surface area contributed by atoms with Crippen molar-refractivity contribution in [3.63, 3.8) is 0 Å². The predicted molar refractivity (Wildman–Crippen MR) is 123 cm³/mol. The van der Waals surface area contributed by atoms with Crippen molar-refractivity contribution in [2.75, 3.05) is 0 Å². The van der Waals surface area contributed by atoms with Crippen molar-refractivity contribution in [3.05, 3.63) is 69.7 Å². The molecule has 0 aliphatic rings. The molecule has 9 nitrogen and oxygen atoms in total. The lowest BCUT2D eigenvalue weighted by atomic mass is 10.2. The molecular formula is C24H26F4N4O5. The number of nitrogens with zero attached hydrogens (tertiary/aromatic N) is 4. The fourth-order valence-corrected chi connectivity index (χ4v) is 3.19. The Morgan fingerprint density at radius 3 is 2.38 bits per heavy atom. The largest absolute Gasteiger partial charge is 0.464 e. The minimum atomic E-state index is -4.81. The van der Waals surface area contributed by atoms with E-state index in [1.54, 1.807) is 6.92 Å². The molecule has 1 atom stereocenters. The Morgan fingerprint density at radius 1 is 1.11 bits per heavy atom. The van der Waals surface area contributed by atoms with E-state index in [9.17, 15) is 22.8 Å². The van der Waals surface area contributed by atoms with Crippen molar-refractivity contribution < 1.29 is 36.6 Å². The minimum Gasteiger partial charge on any atom is -0.464 e. The van der Waals surface area contributed by atoms with E-state index < -0.39 is 53.1 Å². The summed E-state index contributed by atoms with van der Waals surface area (Å²) in [7, 11) is 0. The van der Waals surface area contributed by atoms with Crippen LogP contribution in [0.2, 0.25) is 0 Å². The van der Waals surface area contributed by atoms with Gasteiger partial charge in [-0.15, -0.1) is 5.10 Å². The van der Waals surface area contributed by atoms with Gasteiger partial charge in [0.15, 0.2) is 23.6 Å². The maximum absolute atomic E-state index is 15.1. The first-order valence-corrected chi connectivity index (χ1v) is 11.4. The molecule has 3 aromatic rings. The fourth-order valence-electron chi connectivity index (χ4n) is 3.19. The topological polar surface area (TPSA) is 97.5 Å². The van der Waals surface area contributed by atoms with Crippen molar-refractivity contribution in [1.82, 2.24) is 19.3 Å². The molecule has 0 aliphatic heterocycles. The summed E-state index contributed by atoms with van der Waals surface area (Å²) < 4.78 is 71.8. The summed E-state index contributed by atoms with van der Waals surface area (Å²) in [6, 6.07) is 9.82. The Bertz CT molecular complexity index is 1290. The Hall–Kier alpha value is -3.74. The van der Waals surface area contributed by atoms with E-state index >= 15 is 4.39 Å². The lowest BCUT2D eigenvalue weighted by molar-refractivity contribution is -0.190. The molecular weight excluding hydrogens is 500 g/mol. The Morgan fingerprint density at radius 2 is 1.78 bits per heavy atom. The standard InChI is InChI=1S/C24H26F4N4O5/c1-5-31-19(13-35-12-16-9-7-6-8-10-16)30-32(23(31)34)20-18(25)11-17(22(33)36-14(2)3)21(29-20)37-15(4)24(26,27)28/h6-11,14-15H,5,12-13H2,1-4H3/t15-/m0/s1. The number of rotatable bonds is 10. The highest BCUT2D eigenvalue weighted by molar-refractivity contribution is 5.92. The van der Waals surface area contributed by atoms with Crippen LogP contribution >= 0.6 is 0 Å². The molecule has 13 heteroatoms. The van der Waals surface area contributed by atoms with Gasteiger partial charge in [-0.3, -0.25) is 4.57 Å². The first kappa shape index (κ1) is 27.8. The molecule has 3 rings (SSSR count). The van der Waals surface area contributed by atoms with Crippen molar-refractivity contribution in [2.45, 2.75) is 65.8 Å². The quantitative estimate of drug-likeness (QED) is 0.289. The fraction of sp³-hybridized carbons (Fsp3) is 0.417. The molecule has 0 saturated carbocycles. The van der Waals surface area contributed by atoms with E-state index in [1.807, 2.05) is 30.3 Å². The van der Waals surface area contributed by atoms with Gasteiger partial charge >= 0.3 is 17.8 Å². The number of benzene rings is 1. The maximum Gasteiger partial charge on any atom is 0.425 e. The Labute approximate surface area is 209 Å². The van der Waals surface area contributed by atoms with Gasteiger partial charge in [0.05, 0.1) is 12.7 Å². The zero-order valence-corrected chi connectivity index (χ0v) is 20.6. The van der Waals surface area contributed by atoms with Crippen LogP contribution in [0.1, 0.15) is 49.4 Å². The highest BCUT2D eigenvalue weighted by Crippen LogP contribution is 2.28. The number of alkyl halides is 3. The summed E-state index contributed by atoms with van der Waals surface area (Å²) >= 11 is 0. The molecule has 0 aliphatic carbocycles. The normalized spacial score (nSPS) is 12.6. The molecule has 1 aromatic carbocycles. The van der Waals surface area contributed by atoms with Crippen LogP contribution < -0.4 is 10.4 Å². The first-order valence-electron chi connectivity index (χ1n) is 11.4. The van der Waals surface area contributed by atoms with Gasteiger partial charge in [0.25, 0.3) is 0 Å². The summed E-state index contributed by atoms with van der Waals surface area (Å²) in [5.41, 5.74) is -0.593. The van der Waals surface area contributed by atoms with E-state index in [-0.39, 0.29) is 25.6 Å². The van der Waals surface area contributed by atoms with Gasteiger partial charge in [0, 0.05) is 6.54 Å². The molecule has 0 radical (unpaired) electrons. The number of ether oxygens (including phenoxy) is 3. The number of halogens is 4. The lowest BCUT2D eigenvalue weighted by Crippen LogP contribution is -2.32. The van der Waals surface area contributed by atoms with Gasteiger partial charge in [-0.25, -0.2) is 14.0 Å². The van der Waals surface area contributed by atoms with Crippen LogP contribution in [0.3, 0.4) is 0 Å². The second kappa shape index (κ2) is 11.5. The van der Waals surface area contributed by atoms with E-state index in [1.165, 1.54) is 18.4 Å². The molecule has 2 aromatic heterocycles. The molecule has 0 spiro atoms. The summed E-state index contributed by atoms with van der Waals surface area (Å²) in [5, 5.41) is 4.08. The number of hydrogen-bond acceptors (Lipinski definition) is 7. The number of aromatic nitrogens is 4. The average Bonchev–Trinajstić information content (AvgIpc) is 3.14. The van der Waals surface area contributed by atoms with Gasteiger partial charge in [-0.05, 0) is 39.3 Å². The maximum atomic E-state index is 15.1. The van der Waals surface area contributed by atoms with Crippen LogP contribution in [-0.2, 0) is 29.2 Å². The van der Waals surface area contributed by atoms with Crippen molar-refractivity contribution in [1.29, 1.82) is 0 Å². The highest BCUT2D eigenvalue weighted by Gasteiger charge is 2.39. The van der Waals surface area contributed by atoms with Crippen molar-refractivity contribution >= 4 is 5.97 Å². The summed E-state index contributed by atoms with van der Waals surface area (Å²) in [6.45, 7) is 5.63. The van der Waals surface area contributed by atoms with E-state index in [4.69, 9.17) is 14.2 Å². The number of esters is 1. The number of pyridine rings is 1. The molecule has 0 amide bonds. The SMILES string of the molecule is CCn1c(COCc2ccccc2)nn(-c2nc(O[C@@H](C)C(F)(F)F)c(C(=O)OC(C)C)cc2F)c1=O. The van der Waals surface area contributed by atoms with Gasteiger partial charge in [0.1, 0.15) is 12.2 Å². The first-order chi connectivity index (χ1) is 17.4. The van der Waals surface area contributed by atoms with E-state index in [0.29, 0.717) is 17.7 Å². The summed E-state index contributed by atoms with van der Waals surface area (Å²) in [4.78, 5) is 29.1. The lowest BCUT2D eigenvalue weighted by Gasteiger charge is -2.19. The summed E-state index contributed by atoms with van der Waals surface area (Å²) in [5.74, 6) is -3.79. The second-order valence-corrected chi connectivity index (χ2v) is 8.24. The van der Waals surface area contributed by atoms with E-state index in [2.05, 4.69) is 10.1 Å². The van der Waals surface area contributed by atoms with Crippen LogP contribution in [0.5, 0.6) is 5.88 Å². The van der Waals surface area contributed by atoms with Gasteiger partial charge in [-0.1, -0.05) is 30.3 Å². The Kier molecular flexibility index (Phi) is 8.69. The van der Waals surface area contributed by atoms with Crippen LogP contribution in [0.25, 0.3) is 5.82 Å². The summed E-state index contributed by atoms with van der Waals surface area (Å²) in [6.07, 6.45) is -7.85. The third-order valence-corrected chi connectivity index (χ3v) is 5.03. The van der Waals surface area contributed by atoms with Crippen LogP contribution in [0.4, 0.5) is 17.6 Å². The zero-order valence-electron chi connectivity index (χ0n) is 20.6. The minimum absolute atomic E-state index is 0.111. The zero-order chi connectivity index (χ0) is 27.3. The van der Waals surface area contributed by atoms with Crippen molar-refractivity contribution in [2.24, 2.45) is 0 Å².